The van der Waals surface area contributed by atoms with Gasteiger partial charge in [-0.3, -0.25) is 23.9 Å². The number of esters is 2. The third-order valence-electron chi connectivity index (χ3n) is 5.85. The van der Waals surface area contributed by atoms with Crippen LogP contribution in [-0.2, 0) is 49.2 Å². The number of aromatic nitrogens is 2. The zero-order chi connectivity index (χ0) is 29.6. The Bertz CT molecular complexity index is 982. The van der Waals surface area contributed by atoms with E-state index < -0.39 is 56.8 Å². The molecule has 0 aliphatic rings. The molecule has 15 heteroatoms. The highest BCUT2D eigenvalue weighted by atomic mass is 28.4. The smallest absolute Gasteiger partial charge is 0.330 e. The van der Waals surface area contributed by atoms with E-state index in [9.17, 15) is 24.3 Å². The molecule has 1 rings (SSSR count). The third-order valence-corrected chi connectivity index (χ3v) is 10.4. The highest BCUT2D eigenvalue weighted by molar-refractivity contribution is 6.74. The Morgan fingerprint density at radius 3 is 1.97 bits per heavy atom. The van der Waals surface area contributed by atoms with Crippen LogP contribution in [0.1, 0.15) is 34.6 Å². The monoisotopic (exact) mass is 578 g/mol. The number of H-pyrrole nitrogens is 1. The average molecular weight is 579 g/mol. The lowest BCUT2D eigenvalue weighted by molar-refractivity contribution is -0.300. The fourth-order valence-electron chi connectivity index (χ4n) is 2.75. The molecule has 0 radical (unpaired) electrons. The Kier molecular flexibility index (Phi) is 14.8. The molecule has 2 N–H and O–H groups in total. The Hall–Kier alpha value is -2.40. The van der Waals surface area contributed by atoms with Crippen LogP contribution in [0.2, 0.25) is 18.1 Å². The zero-order valence-electron chi connectivity index (χ0n) is 23.7. The van der Waals surface area contributed by atoms with Crippen LogP contribution in [0.3, 0.4) is 0 Å². The van der Waals surface area contributed by atoms with E-state index >= 15 is 0 Å². The van der Waals surface area contributed by atoms with Crippen LogP contribution in [-0.4, -0.2) is 93.2 Å². The van der Waals surface area contributed by atoms with Crippen molar-refractivity contribution in [3.63, 3.8) is 0 Å². The number of hydrogen-bond donors (Lipinski definition) is 2. The molecule has 0 saturated carbocycles. The fraction of sp³-hybridized carbons (Fsp3) is 0.750. The molecule has 1 aromatic heterocycles. The van der Waals surface area contributed by atoms with E-state index in [0.717, 1.165) is 4.57 Å². The third kappa shape index (κ3) is 13.5. The molecule has 0 fully saturated rings. The maximum Gasteiger partial charge on any atom is 0.330 e. The van der Waals surface area contributed by atoms with Crippen molar-refractivity contribution in [2.75, 3.05) is 39.6 Å². The van der Waals surface area contributed by atoms with Gasteiger partial charge in [0, 0.05) is 26.1 Å². The molecule has 1 aromatic rings. The minimum atomic E-state index is -2.42. The van der Waals surface area contributed by atoms with Crippen LogP contribution in [0.5, 0.6) is 0 Å². The van der Waals surface area contributed by atoms with Crippen LogP contribution in [0.4, 0.5) is 0 Å². The normalized spacial score (nSPS) is 13.8. The van der Waals surface area contributed by atoms with Crippen LogP contribution in [0.25, 0.3) is 0 Å². The average Bonchev–Trinajstić information content (AvgIpc) is 2.82. The molecule has 0 spiro atoms. The van der Waals surface area contributed by atoms with E-state index in [1.54, 1.807) is 0 Å². The lowest BCUT2D eigenvalue weighted by Crippen LogP contribution is -2.51. The highest BCUT2D eigenvalue weighted by Gasteiger charge is 2.41. The second-order valence-electron chi connectivity index (χ2n) is 10.1. The lowest BCUT2D eigenvalue weighted by atomic mass is 10.2. The van der Waals surface area contributed by atoms with E-state index in [4.69, 9.17) is 32.8 Å². The van der Waals surface area contributed by atoms with Crippen LogP contribution in [0.15, 0.2) is 21.9 Å². The lowest BCUT2D eigenvalue weighted by Gasteiger charge is -2.41. The minimum Gasteiger partial charge on any atom is -0.463 e. The summed E-state index contributed by atoms with van der Waals surface area (Å²) >= 11 is 0. The summed E-state index contributed by atoms with van der Waals surface area (Å²) in [6, 6.07) is 1.18. The molecule has 0 saturated heterocycles. The molecular formula is C24H42N2O12Si. The number of aliphatic hydroxyl groups is 1. The van der Waals surface area contributed by atoms with Gasteiger partial charge >= 0.3 is 17.6 Å². The van der Waals surface area contributed by atoms with Gasteiger partial charge in [-0.1, -0.05) is 20.8 Å². The number of aromatic amines is 1. The highest BCUT2D eigenvalue weighted by Crippen LogP contribution is 2.38. The van der Waals surface area contributed by atoms with Crippen molar-refractivity contribution in [1.82, 2.24) is 9.55 Å². The summed E-state index contributed by atoms with van der Waals surface area (Å²) < 4.78 is 40.0. The van der Waals surface area contributed by atoms with Gasteiger partial charge in [-0.25, -0.2) is 4.79 Å². The van der Waals surface area contributed by atoms with Crippen molar-refractivity contribution >= 4 is 20.3 Å². The van der Waals surface area contributed by atoms with Gasteiger partial charge < -0.3 is 38.0 Å². The molecule has 0 bridgehead atoms. The number of ether oxygens (including phenoxy) is 6. The first kappa shape index (κ1) is 34.6. The van der Waals surface area contributed by atoms with Crippen molar-refractivity contribution in [2.24, 2.45) is 0 Å². The predicted octanol–water partition coefficient (Wildman–Crippen LogP) is 0.722. The first-order valence-electron chi connectivity index (χ1n) is 12.5. The molecule has 0 unspecified atom stereocenters. The largest absolute Gasteiger partial charge is 0.463 e. The number of rotatable bonds is 18. The molecule has 0 aliphatic heterocycles. The van der Waals surface area contributed by atoms with Crippen LogP contribution < -0.4 is 11.2 Å². The van der Waals surface area contributed by atoms with Gasteiger partial charge in [-0.2, -0.15) is 0 Å². The molecule has 2 atom stereocenters. The number of nitrogens with zero attached hydrogens (tertiary/aromatic N) is 1. The van der Waals surface area contributed by atoms with Crippen molar-refractivity contribution < 1.29 is 47.5 Å². The summed E-state index contributed by atoms with van der Waals surface area (Å²) in [5.41, 5.74) is -1.21. The van der Waals surface area contributed by atoms with Crippen LogP contribution >= 0.6 is 0 Å². The molecule has 224 valence electrons. The molecule has 0 aromatic carbocycles. The first-order valence-corrected chi connectivity index (χ1v) is 15.4. The van der Waals surface area contributed by atoms with Crippen molar-refractivity contribution in [3.05, 3.63) is 33.1 Å². The molecule has 0 amide bonds. The fourth-order valence-corrected chi connectivity index (χ4v) is 4.08. The Labute approximate surface area is 228 Å². The van der Waals surface area contributed by atoms with E-state index in [0.29, 0.717) is 0 Å². The quantitative estimate of drug-likeness (QED) is 0.108. The van der Waals surface area contributed by atoms with Gasteiger partial charge in [-0.15, -0.1) is 0 Å². The number of hydrogen-bond acceptors (Lipinski definition) is 12. The summed E-state index contributed by atoms with van der Waals surface area (Å²) in [5, 5.41) is 9.96. The topological polar surface area (TPSA) is 174 Å². The van der Waals surface area contributed by atoms with E-state index in [-0.39, 0.29) is 44.8 Å². The standard InChI is InChI=1S/C24H42N2O12Si/c1-17(28)32-10-12-34-23(35-13-11-33-18(2)29)36-15-20(38-39(6,7)24(3,4)5)19(14-27)37-16-26-9-8-21(30)25-22(26)31/h8-9,19-20,23,27H,10-16H2,1-7H3,(H,25,30,31)/t19-,20-/m1/s1. The van der Waals surface area contributed by atoms with Crippen molar-refractivity contribution in [1.29, 1.82) is 0 Å². The SMILES string of the molecule is CC(=O)OCCOC(OCCOC(C)=O)OC[C@@H](O[Si](C)(C)C(C)(C)C)[C@@H](CO)OCn1ccc(=O)[nH]c1=O. The second-order valence-corrected chi connectivity index (χ2v) is 14.8. The van der Waals surface area contributed by atoms with Gasteiger partial charge in [0.15, 0.2) is 8.32 Å². The maximum atomic E-state index is 12.0. The minimum absolute atomic E-state index is 0.0390. The molecule has 14 nitrogen and oxygen atoms in total. The van der Waals surface area contributed by atoms with Gasteiger partial charge in [-0.05, 0) is 18.1 Å². The summed E-state index contributed by atoms with van der Waals surface area (Å²) in [4.78, 5) is 47.6. The molecule has 39 heavy (non-hydrogen) atoms. The van der Waals surface area contributed by atoms with Crippen molar-refractivity contribution in [2.45, 2.75) is 78.2 Å². The Morgan fingerprint density at radius 1 is 0.949 bits per heavy atom. The van der Waals surface area contributed by atoms with E-state index in [1.807, 2.05) is 33.9 Å². The number of carbonyl (C=O) groups is 2. The van der Waals surface area contributed by atoms with Gasteiger partial charge in [0.2, 0.25) is 0 Å². The number of carbonyl (C=O) groups excluding carboxylic acids is 2. The summed E-state index contributed by atoms with van der Waals surface area (Å²) in [7, 11) is -2.42. The Morgan fingerprint density at radius 2 is 1.51 bits per heavy atom. The summed E-state index contributed by atoms with van der Waals surface area (Å²) in [6.07, 6.45) is -0.466. The number of nitrogens with one attached hydrogen (secondary N) is 1. The second kappa shape index (κ2) is 16.6. The van der Waals surface area contributed by atoms with Gasteiger partial charge in [0.25, 0.3) is 12.0 Å². The number of aliphatic hydroxyl groups excluding tert-OH is 1. The van der Waals surface area contributed by atoms with Crippen LogP contribution in [0, 0.1) is 0 Å². The van der Waals surface area contributed by atoms with Gasteiger partial charge in [0.1, 0.15) is 26.0 Å². The molecule has 1 heterocycles. The molecular weight excluding hydrogens is 536 g/mol. The van der Waals surface area contributed by atoms with E-state index in [2.05, 4.69) is 4.98 Å². The van der Waals surface area contributed by atoms with E-state index in [1.165, 1.54) is 26.1 Å². The summed E-state index contributed by atoms with van der Waals surface area (Å²) in [6.45, 7) is 10.4. The molecule has 0 aliphatic carbocycles. The predicted molar refractivity (Wildman–Crippen MR) is 140 cm³/mol. The zero-order valence-corrected chi connectivity index (χ0v) is 24.7. The van der Waals surface area contributed by atoms with Gasteiger partial charge in [0.05, 0.1) is 32.5 Å². The maximum absolute atomic E-state index is 12.0. The Balaban J connectivity index is 3.02. The summed E-state index contributed by atoms with van der Waals surface area (Å²) in [5.74, 6) is -0.946. The first-order chi connectivity index (χ1) is 18.2. The van der Waals surface area contributed by atoms with Crippen molar-refractivity contribution in [3.8, 4) is 0 Å².